The van der Waals surface area contributed by atoms with E-state index in [0.29, 0.717) is 5.52 Å². The van der Waals surface area contributed by atoms with E-state index < -0.39 is 4.92 Å². The molecule has 0 aliphatic rings. The van der Waals surface area contributed by atoms with Crippen molar-refractivity contribution in [2.75, 3.05) is 0 Å². The topological polar surface area (TPSA) is 56.0 Å². The van der Waals surface area contributed by atoms with Crippen LogP contribution >= 0.6 is 0 Å². The van der Waals surface area contributed by atoms with Gasteiger partial charge >= 0.3 is 0 Å². The smallest absolute Gasteiger partial charge is 0.258 e. The third-order valence-corrected chi connectivity index (χ3v) is 3.99. The van der Waals surface area contributed by atoms with Crippen LogP contribution < -0.4 is 0 Å². The van der Waals surface area contributed by atoms with E-state index in [9.17, 15) is 10.1 Å². The highest BCUT2D eigenvalue weighted by molar-refractivity contribution is 6.07. The molecule has 110 valence electrons. The number of fused-ring (bicyclic) bond motifs is 3. The summed E-state index contributed by atoms with van der Waals surface area (Å²) in [7, 11) is 0. The van der Waals surface area contributed by atoms with Crippen molar-refractivity contribution in [3.05, 3.63) is 83.0 Å². The van der Waals surface area contributed by atoms with Crippen LogP contribution in [0.1, 0.15) is 0 Å². The maximum atomic E-state index is 10.9. The average Bonchev–Trinajstić information content (AvgIpc) is 2.61. The molecule has 0 unspecified atom stereocenters. The normalized spacial score (nSPS) is 11.0. The summed E-state index contributed by atoms with van der Waals surface area (Å²) in [4.78, 5) is 14.9. The van der Waals surface area contributed by atoms with Crippen LogP contribution in [0.2, 0.25) is 0 Å². The van der Waals surface area contributed by atoms with E-state index in [1.807, 2.05) is 24.3 Å². The lowest BCUT2D eigenvalue weighted by Gasteiger charge is -2.07. The van der Waals surface area contributed by atoms with Gasteiger partial charge in [-0.2, -0.15) is 0 Å². The highest BCUT2D eigenvalue weighted by Crippen LogP contribution is 2.30. The van der Waals surface area contributed by atoms with Crippen molar-refractivity contribution in [3.63, 3.8) is 0 Å². The van der Waals surface area contributed by atoms with E-state index in [-0.39, 0.29) is 5.69 Å². The molecule has 0 amide bonds. The molecule has 4 nitrogen and oxygen atoms in total. The van der Waals surface area contributed by atoms with Gasteiger partial charge in [-0.15, -0.1) is 0 Å². The number of hydrogen-bond acceptors (Lipinski definition) is 3. The van der Waals surface area contributed by atoms with Crippen molar-refractivity contribution in [1.29, 1.82) is 0 Å². The fraction of sp³-hybridized carbons (Fsp3) is 0. The fourth-order valence-electron chi connectivity index (χ4n) is 2.82. The minimum absolute atomic E-state index is 0.0589. The Balaban J connectivity index is 1.98. The van der Waals surface area contributed by atoms with Crippen LogP contribution in [0.25, 0.3) is 32.8 Å². The predicted molar refractivity (Wildman–Crippen MR) is 91.3 cm³/mol. The quantitative estimate of drug-likeness (QED) is 0.298. The first-order chi connectivity index (χ1) is 11.2. The minimum atomic E-state index is -0.397. The Hall–Kier alpha value is -3.27. The number of hydrogen-bond donors (Lipinski definition) is 0. The number of nitro benzene ring substituents is 1. The van der Waals surface area contributed by atoms with Crippen LogP contribution in [0.3, 0.4) is 0 Å². The second-order valence-corrected chi connectivity index (χ2v) is 5.38. The van der Waals surface area contributed by atoms with Gasteiger partial charge in [-0.05, 0) is 28.6 Å². The molecule has 4 heteroatoms. The SMILES string of the molecule is O=[N+]([O-])c1ccc2c(c1)ncc1ccc(-c3ccccc3)cc12. The Labute approximate surface area is 132 Å². The van der Waals surface area contributed by atoms with Crippen LogP contribution in [0.4, 0.5) is 5.69 Å². The summed E-state index contributed by atoms with van der Waals surface area (Å²) in [5.74, 6) is 0. The maximum Gasteiger partial charge on any atom is 0.271 e. The van der Waals surface area contributed by atoms with E-state index >= 15 is 0 Å². The number of rotatable bonds is 2. The molecule has 0 spiro atoms. The van der Waals surface area contributed by atoms with E-state index in [4.69, 9.17) is 0 Å². The van der Waals surface area contributed by atoms with Gasteiger partial charge in [0.15, 0.2) is 0 Å². The van der Waals surface area contributed by atoms with Crippen molar-refractivity contribution >= 4 is 27.4 Å². The molecule has 0 fully saturated rings. The molecular weight excluding hydrogens is 288 g/mol. The second kappa shape index (κ2) is 5.18. The number of pyridine rings is 1. The summed E-state index contributed by atoms with van der Waals surface area (Å²) in [6, 6.07) is 21.2. The van der Waals surface area contributed by atoms with Gasteiger partial charge < -0.3 is 0 Å². The largest absolute Gasteiger partial charge is 0.271 e. The van der Waals surface area contributed by atoms with E-state index in [0.717, 1.165) is 27.3 Å². The van der Waals surface area contributed by atoms with Gasteiger partial charge in [-0.3, -0.25) is 15.1 Å². The first-order valence-corrected chi connectivity index (χ1v) is 7.25. The van der Waals surface area contributed by atoms with Crippen LogP contribution in [0.15, 0.2) is 72.9 Å². The van der Waals surface area contributed by atoms with Gasteiger partial charge in [0.05, 0.1) is 10.4 Å². The highest BCUT2D eigenvalue weighted by Gasteiger charge is 2.09. The van der Waals surface area contributed by atoms with Crippen LogP contribution in [-0.4, -0.2) is 9.91 Å². The molecule has 0 saturated heterocycles. The molecule has 1 aromatic heterocycles. The van der Waals surface area contributed by atoms with Gasteiger partial charge in [-0.25, -0.2) is 0 Å². The standard InChI is InChI=1S/C19H12N2O2/c22-21(23)16-8-9-17-18-10-14(13-4-2-1-3-5-13)6-7-15(18)12-20-19(17)11-16/h1-12H. The Bertz CT molecular complexity index is 1040. The molecule has 0 bridgehead atoms. The lowest BCUT2D eigenvalue weighted by Crippen LogP contribution is -1.89. The van der Waals surface area contributed by atoms with Crippen LogP contribution in [0, 0.1) is 10.1 Å². The monoisotopic (exact) mass is 300 g/mol. The molecule has 4 aromatic rings. The summed E-state index contributed by atoms with van der Waals surface area (Å²) < 4.78 is 0. The zero-order valence-electron chi connectivity index (χ0n) is 12.1. The number of aromatic nitrogens is 1. The molecule has 3 aromatic carbocycles. The molecule has 0 aliphatic carbocycles. The van der Waals surface area contributed by atoms with E-state index in [1.165, 1.54) is 12.1 Å². The Morgan fingerprint density at radius 2 is 1.65 bits per heavy atom. The summed E-state index contributed by atoms with van der Waals surface area (Å²) >= 11 is 0. The zero-order chi connectivity index (χ0) is 15.8. The van der Waals surface area contributed by atoms with Gasteiger partial charge in [0.1, 0.15) is 0 Å². The average molecular weight is 300 g/mol. The number of non-ortho nitro benzene ring substituents is 1. The zero-order valence-corrected chi connectivity index (χ0v) is 12.1. The molecule has 0 saturated carbocycles. The maximum absolute atomic E-state index is 10.9. The lowest BCUT2D eigenvalue weighted by molar-refractivity contribution is -0.384. The number of nitrogens with zero attached hydrogens (tertiary/aromatic N) is 2. The van der Waals surface area contributed by atoms with Crippen molar-refractivity contribution < 1.29 is 4.92 Å². The molecule has 4 rings (SSSR count). The molecule has 0 N–H and O–H groups in total. The molecule has 0 atom stereocenters. The van der Waals surface area contributed by atoms with Gasteiger partial charge in [0.2, 0.25) is 0 Å². The molecule has 0 radical (unpaired) electrons. The third-order valence-electron chi connectivity index (χ3n) is 3.99. The second-order valence-electron chi connectivity index (χ2n) is 5.38. The summed E-state index contributed by atoms with van der Waals surface area (Å²) in [5.41, 5.74) is 2.95. The predicted octanol–water partition coefficient (Wildman–Crippen LogP) is 4.96. The third kappa shape index (κ3) is 2.30. The van der Waals surface area contributed by atoms with Crippen molar-refractivity contribution in [2.24, 2.45) is 0 Å². The summed E-state index contributed by atoms with van der Waals surface area (Å²) in [6.07, 6.45) is 1.76. The van der Waals surface area contributed by atoms with Crippen molar-refractivity contribution in [1.82, 2.24) is 4.98 Å². The van der Waals surface area contributed by atoms with Gasteiger partial charge in [0.25, 0.3) is 5.69 Å². The Kier molecular flexibility index (Phi) is 3.01. The van der Waals surface area contributed by atoms with Crippen LogP contribution in [0.5, 0.6) is 0 Å². The molecular formula is C19H12N2O2. The molecule has 0 aliphatic heterocycles. The summed E-state index contributed by atoms with van der Waals surface area (Å²) in [6.45, 7) is 0. The molecule has 1 heterocycles. The lowest BCUT2D eigenvalue weighted by atomic mass is 9.99. The molecule has 23 heavy (non-hydrogen) atoms. The van der Waals surface area contributed by atoms with E-state index in [1.54, 1.807) is 12.3 Å². The Morgan fingerprint density at radius 3 is 2.43 bits per heavy atom. The Morgan fingerprint density at radius 1 is 0.826 bits per heavy atom. The summed E-state index contributed by atoms with van der Waals surface area (Å²) in [5, 5.41) is 13.9. The minimum Gasteiger partial charge on any atom is -0.258 e. The van der Waals surface area contributed by atoms with Crippen molar-refractivity contribution in [3.8, 4) is 11.1 Å². The first-order valence-electron chi connectivity index (χ1n) is 7.25. The highest BCUT2D eigenvalue weighted by atomic mass is 16.6. The number of nitro groups is 1. The van der Waals surface area contributed by atoms with Gasteiger partial charge in [-0.1, -0.05) is 42.5 Å². The number of benzene rings is 3. The van der Waals surface area contributed by atoms with Gasteiger partial charge in [0, 0.05) is 29.1 Å². The fourth-order valence-corrected chi connectivity index (χ4v) is 2.82. The van der Waals surface area contributed by atoms with Crippen molar-refractivity contribution in [2.45, 2.75) is 0 Å². The van der Waals surface area contributed by atoms with E-state index in [2.05, 4.69) is 29.2 Å². The first kappa shape index (κ1) is 13.4. The van der Waals surface area contributed by atoms with Crippen LogP contribution in [-0.2, 0) is 0 Å².